The highest BCUT2D eigenvalue weighted by atomic mass is 16.6. The van der Waals surface area contributed by atoms with Crippen molar-refractivity contribution in [2.75, 3.05) is 6.54 Å². The lowest BCUT2D eigenvalue weighted by Gasteiger charge is -2.20. The van der Waals surface area contributed by atoms with Crippen molar-refractivity contribution in [1.82, 2.24) is 5.32 Å². The maximum atomic E-state index is 11.8. The number of nitrogens with zero attached hydrogens (tertiary/aromatic N) is 1. The largest absolute Gasteiger partial charge is 0.477 e. The van der Waals surface area contributed by atoms with Crippen LogP contribution in [0.4, 0.5) is 0 Å². The van der Waals surface area contributed by atoms with Crippen molar-refractivity contribution < 1.29 is 19.5 Å². The van der Waals surface area contributed by atoms with Crippen LogP contribution in [0.3, 0.4) is 0 Å². The Morgan fingerprint density at radius 2 is 2.22 bits per heavy atom. The first-order chi connectivity index (χ1) is 8.44. The smallest absolute Gasteiger partial charge is 0.353 e. The molecule has 1 amide bonds. The fraction of sp³-hybridized carbons (Fsp3) is 0.750. The van der Waals surface area contributed by atoms with Gasteiger partial charge >= 0.3 is 5.97 Å². The van der Waals surface area contributed by atoms with Gasteiger partial charge in [0.15, 0.2) is 5.71 Å². The Bertz CT molecular complexity index is 399. The summed E-state index contributed by atoms with van der Waals surface area (Å²) >= 11 is 0. The van der Waals surface area contributed by atoms with Crippen molar-refractivity contribution in [3.63, 3.8) is 0 Å². The third-order valence-electron chi connectivity index (χ3n) is 3.94. The van der Waals surface area contributed by atoms with E-state index in [2.05, 4.69) is 24.3 Å². The predicted molar refractivity (Wildman–Crippen MR) is 64.1 cm³/mol. The molecule has 0 aromatic carbocycles. The topological polar surface area (TPSA) is 88.0 Å². The Kier molecular flexibility index (Phi) is 3.28. The third-order valence-corrected chi connectivity index (χ3v) is 3.94. The number of aliphatic carboxylic acids is 1. The molecule has 2 aliphatic rings. The van der Waals surface area contributed by atoms with Crippen molar-refractivity contribution in [1.29, 1.82) is 0 Å². The van der Waals surface area contributed by atoms with E-state index in [-0.39, 0.29) is 23.5 Å². The average Bonchev–Trinajstić information content (AvgIpc) is 2.94. The van der Waals surface area contributed by atoms with Gasteiger partial charge in [-0.3, -0.25) is 4.79 Å². The van der Waals surface area contributed by atoms with Gasteiger partial charge in [-0.15, -0.1) is 0 Å². The maximum Gasteiger partial charge on any atom is 0.353 e. The van der Waals surface area contributed by atoms with Crippen LogP contribution in [-0.2, 0) is 14.4 Å². The highest BCUT2D eigenvalue weighted by Crippen LogP contribution is 2.51. The van der Waals surface area contributed by atoms with E-state index in [1.54, 1.807) is 0 Å². The summed E-state index contributed by atoms with van der Waals surface area (Å²) in [5.41, 5.74) is 0.130. The minimum Gasteiger partial charge on any atom is -0.477 e. The predicted octanol–water partition coefficient (Wildman–Crippen LogP) is 0.768. The van der Waals surface area contributed by atoms with E-state index in [0.717, 1.165) is 12.8 Å². The molecule has 0 saturated heterocycles. The van der Waals surface area contributed by atoms with Crippen molar-refractivity contribution in [3.8, 4) is 0 Å². The van der Waals surface area contributed by atoms with E-state index >= 15 is 0 Å². The van der Waals surface area contributed by atoms with Crippen LogP contribution >= 0.6 is 0 Å². The number of hydrogen-bond acceptors (Lipinski definition) is 4. The Balaban J connectivity index is 1.79. The Morgan fingerprint density at radius 1 is 1.56 bits per heavy atom. The number of carboxylic acid groups (broad SMARTS) is 1. The molecule has 2 N–H and O–H groups in total. The van der Waals surface area contributed by atoms with Crippen LogP contribution in [0.5, 0.6) is 0 Å². The lowest BCUT2D eigenvalue weighted by molar-refractivity contribution is -0.131. The molecule has 2 rings (SSSR count). The third kappa shape index (κ3) is 2.47. The number of oxime groups is 1. The summed E-state index contributed by atoms with van der Waals surface area (Å²) in [5.74, 6) is -0.874. The number of amides is 1. The molecule has 100 valence electrons. The van der Waals surface area contributed by atoms with E-state index < -0.39 is 12.1 Å². The lowest BCUT2D eigenvalue weighted by Crippen LogP contribution is -2.39. The van der Waals surface area contributed by atoms with Crippen LogP contribution in [0, 0.1) is 11.3 Å². The van der Waals surface area contributed by atoms with Crippen molar-refractivity contribution in [2.45, 2.75) is 39.2 Å². The molecule has 6 nitrogen and oxygen atoms in total. The first kappa shape index (κ1) is 12.9. The second-order valence-electron chi connectivity index (χ2n) is 5.38. The molecule has 6 heteroatoms. The minimum absolute atomic E-state index is 0.0375. The average molecular weight is 254 g/mol. The summed E-state index contributed by atoms with van der Waals surface area (Å²) in [4.78, 5) is 27.3. The molecule has 0 aromatic heterocycles. The SMILES string of the molecule is CC(C)C1(CNC(=O)C2CC(C(=O)O)=NO2)CC1. The number of carboxylic acids is 1. The number of hydrogen-bond donors (Lipinski definition) is 2. The number of nitrogens with one attached hydrogen (secondary N) is 1. The number of carbonyl (C=O) groups is 2. The zero-order valence-corrected chi connectivity index (χ0v) is 10.6. The molecule has 1 atom stereocenters. The zero-order valence-electron chi connectivity index (χ0n) is 10.6. The Hall–Kier alpha value is -1.59. The monoisotopic (exact) mass is 254 g/mol. The molecule has 18 heavy (non-hydrogen) atoms. The molecule has 0 bridgehead atoms. The van der Waals surface area contributed by atoms with Gasteiger partial charge in [0.25, 0.3) is 5.91 Å². The molecule has 0 spiro atoms. The van der Waals surface area contributed by atoms with E-state index in [1.807, 2.05) is 0 Å². The van der Waals surface area contributed by atoms with Gasteiger partial charge in [-0.2, -0.15) is 0 Å². The normalized spacial score (nSPS) is 24.4. The van der Waals surface area contributed by atoms with Gasteiger partial charge in [0.1, 0.15) is 0 Å². The molecule has 1 saturated carbocycles. The van der Waals surface area contributed by atoms with Crippen LogP contribution in [0.2, 0.25) is 0 Å². The van der Waals surface area contributed by atoms with Gasteiger partial charge in [-0.1, -0.05) is 19.0 Å². The highest BCUT2D eigenvalue weighted by molar-refractivity contribution is 6.36. The summed E-state index contributed by atoms with van der Waals surface area (Å²) in [5, 5.41) is 14.9. The molecular weight excluding hydrogens is 236 g/mol. The van der Waals surface area contributed by atoms with Crippen LogP contribution < -0.4 is 5.32 Å². The first-order valence-corrected chi connectivity index (χ1v) is 6.18. The van der Waals surface area contributed by atoms with Crippen molar-refractivity contribution in [3.05, 3.63) is 0 Å². The molecule has 1 heterocycles. The van der Waals surface area contributed by atoms with Gasteiger partial charge in [0.05, 0.1) is 0 Å². The second kappa shape index (κ2) is 4.59. The summed E-state index contributed by atoms with van der Waals surface area (Å²) in [6, 6.07) is 0. The van der Waals surface area contributed by atoms with Gasteiger partial charge < -0.3 is 15.3 Å². The van der Waals surface area contributed by atoms with E-state index in [1.165, 1.54) is 0 Å². The highest BCUT2D eigenvalue weighted by Gasteiger charge is 2.45. The number of rotatable bonds is 5. The molecule has 0 radical (unpaired) electrons. The van der Waals surface area contributed by atoms with Crippen LogP contribution in [-0.4, -0.2) is 35.3 Å². The fourth-order valence-electron chi connectivity index (χ4n) is 2.14. The van der Waals surface area contributed by atoms with Crippen molar-refractivity contribution in [2.24, 2.45) is 16.5 Å². The van der Waals surface area contributed by atoms with Gasteiger partial charge in [-0.25, -0.2) is 4.79 Å². The minimum atomic E-state index is -1.13. The van der Waals surface area contributed by atoms with Gasteiger partial charge in [-0.05, 0) is 24.2 Å². The van der Waals surface area contributed by atoms with E-state index in [9.17, 15) is 9.59 Å². The summed E-state index contributed by atoms with van der Waals surface area (Å²) in [7, 11) is 0. The Labute approximate surface area is 105 Å². The number of carbonyl (C=O) groups excluding carboxylic acids is 1. The van der Waals surface area contributed by atoms with Crippen LogP contribution in [0.15, 0.2) is 5.16 Å². The summed E-state index contributed by atoms with van der Waals surface area (Å²) in [6.07, 6.45) is 1.51. The first-order valence-electron chi connectivity index (χ1n) is 6.18. The lowest BCUT2D eigenvalue weighted by atomic mass is 9.92. The molecule has 1 unspecified atom stereocenters. The molecule has 1 aliphatic carbocycles. The van der Waals surface area contributed by atoms with Gasteiger partial charge in [0.2, 0.25) is 6.10 Å². The quantitative estimate of drug-likeness (QED) is 0.758. The molecule has 1 aliphatic heterocycles. The van der Waals surface area contributed by atoms with Crippen LogP contribution in [0.1, 0.15) is 33.1 Å². The molecule has 1 fully saturated rings. The zero-order chi connectivity index (χ0) is 13.3. The summed E-state index contributed by atoms with van der Waals surface area (Å²) in [6.45, 7) is 4.93. The maximum absolute atomic E-state index is 11.8. The van der Waals surface area contributed by atoms with E-state index in [0.29, 0.717) is 12.5 Å². The molecule has 0 aromatic rings. The van der Waals surface area contributed by atoms with Gasteiger partial charge in [0, 0.05) is 13.0 Å². The van der Waals surface area contributed by atoms with Crippen LogP contribution in [0.25, 0.3) is 0 Å². The molecular formula is C12H18N2O4. The Morgan fingerprint density at radius 3 is 2.67 bits per heavy atom. The second-order valence-corrected chi connectivity index (χ2v) is 5.38. The van der Waals surface area contributed by atoms with E-state index in [4.69, 9.17) is 9.94 Å². The fourth-order valence-corrected chi connectivity index (χ4v) is 2.14. The standard InChI is InChI=1S/C12H18N2O4/c1-7(2)12(3-4-12)6-13-10(15)9-5-8(11(16)17)14-18-9/h7,9H,3-6H2,1-2H3,(H,13,15)(H,16,17). The van der Waals surface area contributed by atoms with Crippen molar-refractivity contribution >= 4 is 17.6 Å². The summed E-state index contributed by atoms with van der Waals surface area (Å²) < 4.78 is 0.